The van der Waals surface area contributed by atoms with Crippen LogP contribution in [-0.4, -0.2) is 4.98 Å². The summed E-state index contributed by atoms with van der Waals surface area (Å²) in [6.45, 7) is 0. The molecule has 3 N–H and O–H groups in total. The van der Waals surface area contributed by atoms with Gasteiger partial charge in [-0.05, 0) is 24.3 Å². The molecule has 0 aliphatic rings. The van der Waals surface area contributed by atoms with E-state index in [-0.39, 0.29) is 6.04 Å². The zero-order valence-corrected chi connectivity index (χ0v) is 8.26. The molecule has 0 amide bonds. The molecule has 4 nitrogen and oxygen atoms in total. The molecule has 78 valence electrons. The molecule has 0 radical (unpaired) electrons. The number of hydrogen-bond donors (Lipinski definition) is 2. The van der Waals surface area contributed by atoms with Crippen molar-refractivity contribution in [2.75, 3.05) is 0 Å². The monoisotopic (exact) mass is 203 g/mol. The van der Waals surface area contributed by atoms with E-state index in [1.54, 1.807) is 12.5 Å². The van der Waals surface area contributed by atoms with Crippen LogP contribution >= 0.6 is 0 Å². The Kier molecular flexibility index (Phi) is 3.11. The summed E-state index contributed by atoms with van der Waals surface area (Å²) in [4.78, 5) is 4.25. The first kappa shape index (κ1) is 9.89. The highest BCUT2D eigenvalue weighted by atomic mass is 16.3. The third-order valence-corrected chi connectivity index (χ3v) is 2.23. The fraction of sp³-hybridized carbons (Fsp3) is 0.182. The summed E-state index contributed by atoms with van der Waals surface area (Å²) in [5, 5.41) is 0. The molecule has 2 aromatic rings. The Morgan fingerprint density at radius 3 is 2.87 bits per heavy atom. The maximum atomic E-state index is 5.49. The molecule has 0 bridgehead atoms. The Morgan fingerprint density at radius 1 is 1.33 bits per heavy atom. The first-order valence-electron chi connectivity index (χ1n) is 4.79. The van der Waals surface area contributed by atoms with Gasteiger partial charge < -0.3 is 4.42 Å². The molecule has 0 saturated carbocycles. The number of rotatable bonds is 4. The van der Waals surface area contributed by atoms with Gasteiger partial charge in [0.2, 0.25) is 0 Å². The number of furan rings is 1. The second-order valence-corrected chi connectivity index (χ2v) is 3.26. The van der Waals surface area contributed by atoms with E-state index < -0.39 is 0 Å². The maximum absolute atomic E-state index is 5.49. The largest absolute Gasteiger partial charge is 0.469 e. The fourth-order valence-electron chi connectivity index (χ4n) is 1.46. The number of hydrogen-bond acceptors (Lipinski definition) is 4. The molecule has 2 rings (SSSR count). The second kappa shape index (κ2) is 4.72. The van der Waals surface area contributed by atoms with Crippen molar-refractivity contribution >= 4 is 0 Å². The number of hydrazine groups is 1. The molecule has 0 aromatic carbocycles. The van der Waals surface area contributed by atoms with Gasteiger partial charge in [0.05, 0.1) is 18.0 Å². The third kappa shape index (κ3) is 2.43. The Bertz CT molecular complexity index is 385. The van der Waals surface area contributed by atoms with Crippen molar-refractivity contribution in [2.24, 2.45) is 5.84 Å². The van der Waals surface area contributed by atoms with E-state index >= 15 is 0 Å². The molecule has 0 aliphatic carbocycles. The summed E-state index contributed by atoms with van der Waals surface area (Å²) in [5.74, 6) is 6.38. The summed E-state index contributed by atoms with van der Waals surface area (Å²) >= 11 is 0. The van der Waals surface area contributed by atoms with Gasteiger partial charge >= 0.3 is 0 Å². The predicted molar refractivity (Wildman–Crippen MR) is 56.7 cm³/mol. The molecule has 0 spiro atoms. The average molecular weight is 203 g/mol. The quantitative estimate of drug-likeness (QED) is 0.582. The van der Waals surface area contributed by atoms with Gasteiger partial charge in [-0.2, -0.15) is 0 Å². The van der Waals surface area contributed by atoms with Gasteiger partial charge in [0.15, 0.2) is 0 Å². The lowest BCUT2D eigenvalue weighted by Crippen LogP contribution is -2.30. The predicted octanol–water partition coefficient (Wildman–Crippen LogP) is 1.42. The van der Waals surface area contributed by atoms with Crippen LogP contribution in [0.1, 0.15) is 17.5 Å². The van der Waals surface area contributed by atoms with Crippen LogP contribution in [0.2, 0.25) is 0 Å². The number of nitrogens with two attached hydrogens (primary N) is 1. The van der Waals surface area contributed by atoms with E-state index in [2.05, 4.69) is 10.4 Å². The van der Waals surface area contributed by atoms with Gasteiger partial charge in [-0.15, -0.1) is 0 Å². The molecule has 0 fully saturated rings. The van der Waals surface area contributed by atoms with Gasteiger partial charge in [0.1, 0.15) is 5.76 Å². The molecular weight excluding hydrogens is 190 g/mol. The highest BCUT2D eigenvalue weighted by molar-refractivity contribution is 5.12. The van der Waals surface area contributed by atoms with Gasteiger partial charge in [0, 0.05) is 12.6 Å². The van der Waals surface area contributed by atoms with Crippen LogP contribution in [0.15, 0.2) is 47.2 Å². The van der Waals surface area contributed by atoms with Gasteiger partial charge in [-0.3, -0.25) is 16.3 Å². The van der Waals surface area contributed by atoms with E-state index in [1.165, 1.54) is 0 Å². The lowest BCUT2D eigenvalue weighted by Gasteiger charge is -2.13. The first-order chi connectivity index (χ1) is 7.40. The summed E-state index contributed by atoms with van der Waals surface area (Å²) in [6, 6.07) is 9.53. The smallest absolute Gasteiger partial charge is 0.105 e. The van der Waals surface area contributed by atoms with Crippen LogP contribution in [0.4, 0.5) is 0 Å². The van der Waals surface area contributed by atoms with Gasteiger partial charge in [0.25, 0.3) is 0 Å². The van der Waals surface area contributed by atoms with Gasteiger partial charge in [-0.25, -0.2) is 0 Å². The standard InChI is InChI=1S/C11H13N3O/c12-14-11(8-9-4-3-7-15-9)10-5-1-2-6-13-10/h1-7,11,14H,8,12H2. The Balaban J connectivity index is 2.12. The van der Waals surface area contributed by atoms with E-state index in [4.69, 9.17) is 10.3 Å². The molecular formula is C11H13N3O. The van der Waals surface area contributed by atoms with Crippen LogP contribution in [0.5, 0.6) is 0 Å². The first-order valence-corrected chi connectivity index (χ1v) is 4.79. The topological polar surface area (TPSA) is 64.1 Å². The number of nitrogens with zero attached hydrogens (tertiary/aromatic N) is 1. The van der Waals surface area contributed by atoms with Crippen molar-refractivity contribution in [1.82, 2.24) is 10.4 Å². The summed E-state index contributed by atoms with van der Waals surface area (Å²) in [5.41, 5.74) is 3.65. The summed E-state index contributed by atoms with van der Waals surface area (Å²) < 4.78 is 5.26. The van der Waals surface area contributed by atoms with Crippen LogP contribution in [0.25, 0.3) is 0 Å². The average Bonchev–Trinajstić information content (AvgIpc) is 2.80. The lowest BCUT2D eigenvalue weighted by atomic mass is 10.1. The minimum absolute atomic E-state index is 0.0163. The van der Waals surface area contributed by atoms with Crippen molar-refractivity contribution in [3.8, 4) is 0 Å². The van der Waals surface area contributed by atoms with E-state index in [9.17, 15) is 0 Å². The zero-order valence-electron chi connectivity index (χ0n) is 8.26. The molecule has 2 aromatic heterocycles. The van der Waals surface area contributed by atoms with Crippen molar-refractivity contribution in [2.45, 2.75) is 12.5 Å². The third-order valence-electron chi connectivity index (χ3n) is 2.23. The molecule has 4 heteroatoms. The zero-order chi connectivity index (χ0) is 10.5. The Hall–Kier alpha value is -1.65. The summed E-state index contributed by atoms with van der Waals surface area (Å²) in [7, 11) is 0. The highest BCUT2D eigenvalue weighted by Gasteiger charge is 2.12. The lowest BCUT2D eigenvalue weighted by molar-refractivity contribution is 0.449. The minimum atomic E-state index is -0.0163. The molecule has 2 heterocycles. The Labute approximate surface area is 88.1 Å². The van der Waals surface area contributed by atoms with E-state index in [0.717, 1.165) is 11.5 Å². The van der Waals surface area contributed by atoms with Crippen molar-refractivity contribution < 1.29 is 4.42 Å². The summed E-state index contributed by atoms with van der Waals surface area (Å²) in [6.07, 6.45) is 4.10. The molecule has 0 saturated heterocycles. The number of aromatic nitrogens is 1. The maximum Gasteiger partial charge on any atom is 0.105 e. The SMILES string of the molecule is NNC(Cc1ccco1)c1ccccn1. The van der Waals surface area contributed by atoms with Crippen molar-refractivity contribution in [3.63, 3.8) is 0 Å². The van der Waals surface area contributed by atoms with Crippen LogP contribution in [-0.2, 0) is 6.42 Å². The Morgan fingerprint density at radius 2 is 2.27 bits per heavy atom. The molecule has 1 atom stereocenters. The fourth-order valence-corrected chi connectivity index (χ4v) is 1.46. The normalized spacial score (nSPS) is 12.6. The van der Waals surface area contributed by atoms with Gasteiger partial charge in [-0.1, -0.05) is 6.07 Å². The number of pyridine rings is 1. The molecule has 0 aliphatic heterocycles. The van der Waals surface area contributed by atoms with Crippen molar-refractivity contribution in [1.29, 1.82) is 0 Å². The van der Waals surface area contributed by atoms with Crippen LogP contribution in [0.3, 0.4) is 0 Å². The second-order valence-electron chi connectivity index (χ2n) is 3.26. The van der Waals surface area contributed by atoms with Crippen molar-refractivity contribution in [3.05, 3.63) is 54.2 Å². The van der Waals surface area contributed by atoms with E-state index in [1.807, 2.05) is 30.3 Å². The van der Waals surface area contributed by atoms with E-state index in [0.29, 0.717) is 6.42 Å². The highest BCUT2D eigenvalue weighted by Crippen LogP contribution is 2.15. The molecule has 15 heavy (non-hydrogen) atoms. The molecule has 1 unspecified atom stereocenters. The minimum Gasteiger partial charge on any atom is -0.469 e. The number of nitrogens with one attached hydrogen (secondary N) is 1. The van der Waals surface area contributed by atoms with Crippen LogP contribution < -0.4 is 11.3 Å². The van der Waals surface area contributed by atoms with Crippen LogP contribution in [0, 0.1) is 0 Å².